The summed E-state index contributed by atoms with van der Waals surface area (Å²) in [6.07, 6.45) is -0.483. The van der Waals surface area contributed by atoms with Crippen LogP contribution in [-0.2, 0) is 4.74 Å². The molecule has 0 saturated carbocycles. The van der Waals surface area contributed by atoms with Gasteiger partial charge in [0.25, 0.3) is 0 Å². The highest BCUT2D eigenvalue weighted by atomic mass is 79.9. The van der Waals surface area contributed by atoms with Gasteiger partial charge in [0.2, 0.25) is 0 Å². The molecule has 5 heteroatoms. The van der Waals surface area contributed by atoms with Gasteiger partial charge in [0, 0.05) is 11.3 Å². The van der Waals surface area contributed by atoms with Crippen molar-refractivity contribution < 1.29 is 14.9 Å². The van der Waals surface area contributed by atoms with E-state index in [1.54, 1.807) is 11.3 Å². The van der Waals surface area contributed by atoms with Crippen molar-refractivity contribution in [1.29, 1.82) is 0 Å². The molecule has 0 aliphatic carbocycles. The summed E-state index contributed by atoms with van der Waals surface area (Å²) in [4.78, 5) is 1.09. The maximum atomic E-state index is 9.54. The highest BCUT2D eigenvalue weighted by Crippen LogP contribution is 2.37. The molecule has 78 valence electrons. The molecule has 1 aromatic rings. The zero-order valence-electron chi connectivity index (χ0n) is 7.39. The molecule has 1 saturated heterocycles. The number of hydrogen-bond donors (Lipinski definition) is 2. The molecule has 1 fully saturated rings. The smallest absolute Gasteiger partial charge is 0.107 e. The minimum atomic E-state index is -0.550. The van der Waals surface area contributed by atoms with Crippen molar-refractivity contribution in [3.8, 4) is 0 Å². The van der Waals surface area contributed by atoms with E-state index in [0.717, 1.165) is 8.66 Å². The number of hydrogen-bond acceptors (Lipinski definition) is 4. The van der Waals surface area contributed by atoms with E-state index in [0.29, 0.717) is 6.42 Å². The van der Waals surface area contributed by atoms with Gasteiger partial charge in [0.05, 0.1) is 22.6 Å². The van der Waals surface area contributed by atoms with Crippen LogP contribution in [0, 0.1) is 0 Å². The Morgan fingerprint density at radius 2 is 2.36 bits per heavy atom. The molecule has 0 amide bonds. The summed E-state index contributed by atoms with van der Waals surface area (Å²) in [7, 11) is 0. The van der Waals surface area contributed by atoms with Gasteiger partial charge >= 0.3 is 0 Å². The van der Waals surface area contributed by atoms with E-state index in [2.05, 4.69) is 15.9 Å². The van der Waals surface area contributed by atoms with Crippen LogP contribution in [0.5, 0.6) is 0 Å². The third-order valence-electron chi connectivity index (χ3n) is 2.32. The molecule has 2 rings (SSSR count). The summed E-state index contributed by atoms with van der Waals surface area (Å²) in [6, 6.07) is 3.94. The maximum absolute atomic E-state index is 9.54. The quantitative estimate of drug-likeness (QED) is 0.866. The van der Waals surface area contributed by atoms with Crippen LogP contribution in [0.2, 0.25) is 0 Å². The molecule has 3 nitrogen and oxygen atoms in total. The Bertz CT molecular complexity index is 315. The van der Waals surface area contributed by atoms with Crippen LogP contribution >= 0.6 is 27.3 Å². The molecular formula is C9H11BrO3S. The lowest BCUT2D eigenvalue weighted by atomic mass is 10.1. The van der Waals surface area contributed by atoms with Gasteiger partial charge in [-0.05, 0) is 28.1 Å². The van der Waals surface area contributed by atoms with Crippen molar-refractivity contribution in [2.75, 3.05) is 6.61 Å². The van der Waals surface area contributed by atoms with Gasteiger partial charge in [-0.15, -0.1) is 11.3 Å². The van der Waals surface area contributed by atoms with Gasteiger partial charge in [0.1, 0.15) is 6.10 Å². The second kappa shape index (κ2) is 4.28. The Labute approximate surface area is 94.5 Å². The van der Waals surface area contributed by atoms with Crippen molar-refractivity contribution in [3.05, 3.63) is 20.8 Å². The Hall–Kier alpha value is 0.0600. The first kappa shape index (κ1) is 10.6. The fourth-order valence-electron chi connectivity index (χ4n) is 1.58. The topological polar surface area (TPSA) is 49.7 Å². The van der Waals surface area contributed by atoms with Crippen LogP contribution in [0.1, 0.15) is 17.4 Å². The van der Waals surface area contributed by atoms with E-state index in [-0.39, 0.29) is 12.7 Å². The van der Waals surface area contributed by atoms with Gasteiger partial charge in [0.15, 0.2) is 0 Å². The molecule has 0 radical (unpaired) electrons. The average molecular weight is 279 g/mol. The van der Waals surface area contributed by atoms with Gasteiger partial charge in [-0.1, -0.05) is 0 Å². The largest absolute Gasteiger partial charge is 0.394 e. The second-order valence-electron chi connectivity index (χ2n) is 3.29. The van der Waals surface area contributed by atoms with Crippen molar-refractivity contribution in [3.63, 3.8) is 0 Å². The molecule has 2 heterocycles. The van der Waals surface area contributed by atoms with Gasteiger partial charge < -0.3 is 14.9 Å². The Balaban J connectivity index is 2.08. The van der Waals surface area contributed by atoms with Crippen LogP contribution in [0.4, 0.5) is 0 Å². The average Bonchev–Trinajstić information content (AvgIpc) is 2.71. The highest BCUT2D eigenvalue weighted by molar-refractivity contribution is 9.11. The van der Waals surface area contributed by atoms with E-state index < -0.39 is 12.2 Å². The number of aliphatic hydroxyl groups excluding tert-OH is 2. The van der Waals surface area contributed by atoms with Crippen molar-refractivity contribution in [1.82, 2.24) is 0 Å². The van der Waals surface area contributed by atoms with Crippen LogP contribution in [-0.4, -0.2) is 29.0 Å². The van der Waals surface area contributed by atoms with E-state index in [1.165, 1.54) is 0 Å². The molecule has 1 unspecified atom stereocenters. The fraction of sp³-hybridized carbons (Fsp3) is 0.556. The fourth-order valence-corrected chi connectivity index (χ4v) is 3.05. The Kier molecular flexibility index (Phi) is 3.23. The lowest BCUT2D eigenvalue weighted by molar-refractivity contribution is -0.0216. The van der Waals surface area contributed by atoms with Crippen LogP contribution < -0.4 is 0 Å². The first-order valence-corrected chi connectivity index (χ1v) is 6.01. The number of aliphatic hydroxyl groups is 2. The molecule has 3 atom stereocenters. The Morgan fingerprint density at radius 3 is 2.86 bits per heavy atom. The molecule has 1 aliphatic rings. The molecule has 0 bridgehead atoms. The highest BCUT2D eigenvalue weighted by Gasteiger charge is 2.34. The molecule has 2 N–H and O–H groups in total. The summed E-state index contributed by atoms with van der Waals surface area (Å²) < 4.78 is 6.57. The van der Waals surface area contributed by atoms with Crippen LogP contribution in [0.25, 0.3) is 0 Å². The third-order valence-corrected chi connectivity index (χ3v) is 4.03. The van der Waals surface area contributed by atoms with Gasteiger partial charge in [-0.3, -0.25) is 0 Å². The number of rotatable bonds is 2. The van der Waals surface area contributed by atoms with E-state index in [1.807, 2.05) is 12.1 Å². The molecule has 0 aromatic carbocycles. The van der Waals surface area contributed by atoms with Crippen molar-refractivity contribution >= 4 is 27.3 Å². The molecule has 0 spiro atoms. The predicted octanol–water partition coefficient (Wildman–Crippen LogP) is 1.69. The number of thiophene rings is 1. The second-order valence-corrected chi connectivity index (χ2v) is 5.79. The van der Waals surface area contributed by atoms with E-state index in [4.69, 9.17) is 9.84 Å². The zero-order valence-corrected chi connectivity index (χ0v) is 9.79. The Morgan fingerprint density at radius 1 is 1.57 bits per heavy atom. The van der Waals surface area contributed by atoms with E-state index >= 15 is 0 Å². The normalized spacial score (nSPS) is 32.4. The predicted molar refractivity (Wildman–Crippen MR) is 57.3 cm³/mol. The summed E-state index contributed by atoms with van der Waals surface area (Å²) in [5.41, 5.74) is 0. The van der Waals surface area contributed by atoms with Gasteiger partial charge in [-0.25, -0.2) is 0 Å². The molecule has 14 heavy (non-hydrogen) atoms. The summed E-state index contributed by atoms with van der Waals surface area (Å²) >= 11 is 4.98. The lowest BCUT2D eigenvalue weighted by Crippen LogP contribution is -2.24. The standard InChI is InChI=1S/C9H11BrO3S/c10-9-2-1-8(14-9)6-3-5(12)7(4-11)13-6/h1-2,5-7,11-12H,3-4H2/t5-,6?,7+/m0/s1. The first-order chi connectivity index (χ1) is 6.70. The number of ether oxygens (including phenoxy) is 1. The maximum Gasteiger partial charge on any atom is 0.107 e. The zero-order chi connectivity index (χ0) is 10.1. The molecular weight excluding hydrogens is 268 g/mol. The lowest BCUT2D eigenvalue weighted by Gasteiger charge is -2.10. The minimum Gasteiger partial charge on any atom is -0.394 e. The summed E-state index contributed by atoms with van der Waals surface area (Å²) in [6.45, 7) is -0.121. The van der Waals surface area contributed by atoms with Crippen LogP contribution in [0.15, 0.2) is 15.9 Å². The number of halogens is 1. The first-order valence-electron chi connectivity index (χ1n) is 4.40. The van der Waals surface area contributed by atoms with E-state index in [9.17, 15) is 5.11 Å². The molecule has 1 aromatic heterocycles. The SMILES string of the molecule is OC[C@H]1OC(c2ccc(Br)s2)C[C@@H]1O. The monoisotopic (exact) mass is 278 g/mol. The summed E-state index contributed by atoms with van der Waals surface area (Å²) in [5, 5.41) is 18.5. The minimum absolute atomic E-state index is 0.0709. The van der Waals surface area contributed by atoms with Gasteiger partial charge in [-0.2, -0.15) is 0 Å². The summed E-state index contributed by atoms with van der Waals surface area (Å²) in [5.74, 6) is 0. The third kappa shape index (κ3) is 2.01. The van der Waals surface area contributed by atoms with Crippen molar-refractivity contribution in [2.45, 2.75) is 24.7 Å². The van der Waals surface area contributed by atoms with Crippen molar-refractivity contribution in [2.24, 2.45) is 0 Å². The molecule has 1 aliphatic heterocycles. The van der Waals surface area contributed by atoms with Crippen LogP contribution in [0.3, 0.4) is 0 Å².